The standard InChI is InChI=1S/C11H21ClN2O/c12-6-2-1-3-7-14-8-4-5-10(9-14)11(13)15/h10H,1-9H2,(H2,13,15). The number of likely N-dealkylation sites (tertiary alicyclic amines) is 1. The molecule has 4 heteroatoms. The number of carbonyl (C=O) groups excluding carboxylic acids is 1. The Labute approximate surface area is 96.9 Å². The van der Waals surface area contributed by atoms with Gasteiger partial charge in [-0.15, -0.1) is 11.6 Å². The van der Waals surface area contributed by atoms with E-state index in [-0.39, 0.29) is 11.8 Å². The predicted molar refractivity (Wildman–Crippen MR) is 62.9 cm³/mol. The van der Waals surface area contributed by atoms with Gasteiger partial charge in [0.25, 0.3) is 0 Å². The Morgan fingerprint density at radius 3 is 2.87 bits per heavy atom. The molecule has 1 heterocycles. The zero-order valence-electron chi connectivity index (χ0n) is 9.25. The number of nitrogens with two attached hydrogens (primary N) is 1. The van der Waals surface area contributed by atoms with Gasteiger partial charge in [-0.1, -0.05) is 6.42 Å². The van der Waals surface area contributed by atoms with Crippen molar-refractivity contribution in [3.8, 4) is 0 Å². The quantitative estimate of drug-likeness (QED) is 0.559. The Morgan fingerprint density at radius 1 is 1.40 bits per heavy atom. The van der Waals surface area contributed by atoms with Gasteiger partial charge in [0.05, 0.1) is 5.92 Å². The summed E-state index contributed by atoms with van der Waals surface area (Å²) in [6.45, 7) is 3.06. The molecule has 0 aromatic carbocycles. The third kappa shape index (κ3) is 4.85. The molecule has 1 unspecified atom stereocenters. The molecule has 1 amide bonds. The Morgan fingerprint density at radius 2 is 2.20 bits per heavy atom. The minimum Gasteiger partial charge on any atom is -0.369 e. The molecule has 0 aromatic rings. The number of primary amides is 1. The summed E-state index contributed by atoms with van der Waals surface area (Å²) in [6.07, 6.45) is 5.52. The molecule has 1 saturated heterocycles. The number of alkyl halides is 1. The molecular weight excluding hydrogens is 212 g/mol. The minimum atomic E-state index is -0.138. The molecule has 1 aliphatic rings. The van der Waals surface area contributed by atoms with Crippen LogP contribution in [0.4, 0.5) is 0 Å². The Hall–Kier alpha value is -0.280. The Balaban J connectivity index is 2.15. The van der Waals surface area contributed by atoms with Gasteiger partial charge in [0.2, 0.25) is 5.91 Å². The second-order valence-electron chi connectivity index (χ2n) is 4.29. The fourth-order valence-corrected chi connectivity index (χ4v) is 2.29. The maximum Gasteiger partial charge on any atom is 0.221 e. The van der Waals surface area contributed by atoms with Crippen molar-refractivity contribution in [2.24, 2.45) is 11.7 Å². The van der Waals surface area contributed by atoms with Crippen LogP contribution >= 0.6 is 11.6 Å². The first-order valence-electron chi connectivity index (χ1n) is 5.81. The van der Waals surface area contributed by atoms with Gasteiger partial charge >= 0.3 is 0 Å². The van der Waals surface area contributed by atoms with Crippen LogP contribution < -0.4 is 5.73 Å². The fraction of sp³-hybridized carbons (Fsp3) is 0.909. The van der Waals surface area contributed by atoms with Crippen molar-refractivity contribution in [3.63, 3.8) is 0 Å². The lowest BCUT2D eigenvalue weighted by atomic mass is 9.97. The first-order chi connectivity index (χ1) is 7.24. The smallest absolute Gasteiger partial charge is 0.221 e. The molecule has 88 valence electrons. The summed E-state index contributed by atoms with van der Waals surface area (Å²) < 4.78 is 0. The molecule has 0 spiro atoms. The number of hydrogen-bond donors (Lipinski definition) is 1. The molecule has 0 aromatic heterocycles. The number of piperidine rings is 1. The van der Waals surface area contributed by atoms with Crippen LogP contribution in [-0.4, -0.2) is 36.3 Å². The van der Waals surface area contributed by atoms with Gasteiger partial charge in [-0.25, -0.2) is 0 Å². The van der Waals surface area contributed by atoms with E-state index < -0.39 is 0 Å². The van der Waals surface area contributed by atoms with Gasteiger partial charge in [-0.2, -0.15) is 0 Å². The van der Waals surface area contributed by atoms with E-state index in [2.05, 4.69) is 4.90 Å². The van der Waals surface area contributed by atoms with Crippen molar-refractivity contribution in [3.05, 3.63) is 0 Å². The maximum atomic E-state index is 11.1. The van der Waals surface area contributed by atoms with Crippen LogP contribution in [0.5, 0.6) is 0 Å². The average Bonchev–Trinajstić information content (AvgIpc) is 2.25. The normalized spacial score (nSPS) is 22.9. The number of hydrogen-bond acceptors (Lipinski definition) is 2. The minimum absolute atomic E-state index is 0.0757. The summed E-state index contributed by atoms with van der Waals surface area (Å²) in [4.78, 5) is 13.4. The molecule has 0 bridgehead atoms. The lowest BCUT2D eigenvalue weighted by molar-refractivity contribution is -0.123. The third-order valence-corrected chi connectivity index (χ3v) is 3.28. The lowest BCUT2D eigenvalue weighted by Crippen LogP contribution is -2.41. The van der Waals surface area contributed by atoms with Gasteiger partial charge in [0.1, 0.15) is 0 Å². The van der Waals surface area contributed by atoms with E-state index in [9.17, 15) is 4.79 Å². The molecular formula is C11H21ClN2O. The summed E-state index contributed by atoms with van der Waals surface area (Å²) in [5.41, 5.74) is 5.32. The van der Waals surface area contributed by atoms with Crippen molar-refractivity contribution in [1.29, 1.82) is 0 Å². The second kappa shape index (κ2) is 7.07. The van der Waals surface area contributed by atoms with Crippen LogP contribution in [0.2, 0.25) is 0 Å². The highest BCUT2D eigenvalue weighted by Crippen LogP contribution is 2.16. The highest BCUT2D eigenvalue weighted by molar-refractivity contribution is 6.17. The summed E-state index contributed by atoms with van der Waals surface area (Å²) in [5, 5.41) is 0. The van der Waals surface area contributed by atoms with Crippen molar-refractivity contribution in [2.75, 3.05) is 25.5 Å². The van der Waals surface area contributed by atoms with E-state index in [0.29, 0.717) is 0 Å². The number of amides is 1. The highest BCUT2D eigenvalue weighted by atomic mass is 35.5. The van der Waals surface area contributed by atoms with Crippen molar-refractivity contribution >= 4 is 17.5 Å². The lowest BCUT2D eigenvalue weighted by Gasteiger charge is -2.31. The summed E-state index contributed by atoms with van der Waals surface area (Å²) >= 11 is 5.61. The van der Waals surface area contributed by atoms with Crippen LogP contribution in [0.3, 0.4) is 0 Å². The summed E-state index contributed by atoms with van der Waals surface area (Å²) in [6, 6.07) is 0. The molecule has 2 N–H and O–H groups in total. The topological polar surface area (TPSA) is 46.3 Å². The molecule has 1 rings (SSSR count). The van der Waals surface area contributed by atoms with E-state index in [0.717, 1.165) is 44.8 Å². The molecule has 1 fully saturated rings. The highest BCUT2D eigenvalue weighted by Gasteiger charge is 2.23. The first-order valence-corrected chi connectivity index (χ1v) is 6.35. The van der Waals surface area contributed by atoms with Crippen LogP contribution in [0.25, 0.3) is 0 Å². The number of carbonyl (C=O) groups is 1. The largest absolute Gasteiger partial charge is 0.369 e. The van der Waals surface area contributed by atoms with Gasteiger partial charge in [-0.05, 0) is 38.8 Å². The summed E-state index contributed by atoms with van der Waals surface area (Å²) in [7, 11) is 0. The number of halogens is 1. The predicted octanol–water partition coefficient (Wildman–Crippen LogP) is 1.59. The fourth-order valence-electron chi connectivity index (χ4n) is 2.10. The van der Waals surface area contributed by atoms with E-state index in [1.165, 1.54) is 12.8 Å². The molecule has 1 aliphatic heterocycles. The number of rotatable bonds is 6. The zero-order chi connectivity index (χ0) is 11.1. The average molecular weight is 233 g/mol. The van der Waals surface area contributed by atoms with Crippen molar-refractivity contribution in [2.45, 2.75) is 32.1 Å². The van der Waals surface area contributed by atoms with Gasteiger partial charge < -0.3 is 10.6 Å². The van der Waals surface area contributed by atoms with E-state index >= 15 is 0 Å². The monoisotopic (exact) mass is 232 g/mol. The van der Waals surface area contributed by atoms with Crippen LogP contribution in [-0.2, 0) is 4.79 Å². The SMILES string of the molecule is NC(=O)C1CCCN(CCCCCCl)C1. The zero-order valence-corrected chi connectivity index (χ0v) is 10.0. The molecule has 0 aliphatic carbocycles. The van der Waals surface area contributed by atoms with Gasteiger partial charge in [0, 0.05) is 12.4 Å². The molecule has 0 radical (unpaired) electrons. The van der Waals surface area contributed by atoms with E-state index in [4.69, 9.17) is 17.3 Å². The van der Waals surface area contributed by atoms with Crippen molar-refractivity contribution in [1.82, 2.24) is 4.90 Å². The van der Waals surface area contributed by atoms with E-state index in [1.54, 1.807) is 0 Å². The van der Waals surface area contributed by atoms with Crippen LogP contribution in [0, 0.1) is 5.92 Å². The van der Waals surface area contributed by atoms with Crippen LogP contribution in [0.15, 0.2) is 0 Å². The third-order valence-electron chi connectivity index (χ3n) is 3.02. The Kier molecular flexibility index (Phi) is 6.03. The van der Waals surface area contributed by atoms with Crippen molar-refractivity contribution < 1.29 is 4.79 Å². The maximum absolute atomic E-state index is 11.1. The first kappa shape index (κ1) is 12.8. The molecule has 1 atom stereocenters. The Bertz CT molecular complexity index is 199. The molecule has 15 heavy (non-hydrogen) atoms. The van der Waals surface area contributed by atoms with Crippen LogP contribution in [0.1, 0.15) is 32.1 Å². The second-order valence-corrected chi connectivity index (χ2v) is 4.67. The number of unbranched alkanes of at least 4 members (excludes halogenated alkanes) is 2. The van der Waals surface area contributed by atoms with Gasteiger partial charge in [0.15, 0.2) is 0 Å². The molecule has 3 nitrogen and oxygen atoms in total. The number of nitrogens with zero attached hydrogens (tertiary/aromatic N) is 1. The summed E-state index contributed by atoms with van der Waals surface area (Å²) in [5.74, 6) is 0.691. The molecule has 0 saturated carbocycles. The van der Waals surface area contributed by atoms with E-state index in [1.807, 2.05) is 0 Å². The van der Waals surface area contributed by atoms with Gasteiger partial charge in [-0.3, -0.25) is 4.79 Å².